The Balaban J connectivity index is 1.48. The van der Waals surface area contributed by atoms with Gasteiger partial charge < -0.3 is 9.84 Å². The molecule has 2 heterocycles. The van der Waals surface area contributed by atoms with Crippen LogP contribution in [-0.4, -0.2) is 25.8 Å². The maximum atomic E-state index is 12.6. The molecule has 1 fully saturated rings. The first kappa shape index (κ1) is 18.2. The zero-order chi connectivity index (χ0) is 19.9. The van der Waals surface area contributed by atoms with Crippen LogP contribution >= 0.6 is 0 Å². The number of alkyl halides is 3. The lowest BCUT2D eigenvalue weighted by Gasteiger charge is -2.15. The van der Waals surface area contributed by atoms with Gasteiger partial charge in [-0.05, 0) is 37.8 Å². The quantitative estimate of drug-likeness (QED) is 0.705. The van der Waals surface area contributed by atoms with E-state index in [4.69, 9.17) is 0 Å². The molecule has 3 aromatic rings. The molecule has 1 saturated carbocycles. The summed E-state index contributed by atoms with van der Waals surface area (Å²) in [6.07, 6.45) is -0.762. The highest BCUT2D eigenvalue weighted by Gasteiger charge is 2.38. The molecule has 1 unspecified atom stereocenters. The van der Waals surface area contributed by atoms with Gasteiger partial charge in [-0.3, -0.25) is 4.79 Å². The van der Waals surface area contributed by atoms with Crippen LogP contribution in [0.15, 0.2) is 41.1 Å². The van der Waals surface area contributed by atoms with Gasteiger partial charge in [-0.15, -0.1) is 0 Å². The zero-order valence-corrected chi connectivity index (χ0v) is 14.8. The molecule has 0 radical (unpaired) electrons. The fourth-order valence-corrected chi connectivity index (χ4v) is 2.93. The number of amides is 1. The first-order chi connectivity index (χ1) is 13.3. The highest BCUT2D eigenvalue weighted by Crippen LogP contribution is 2.40. The van der Waals surface area contributed by atoms with E-state index in [9.17, 15) is 18.0 Å². The fraction of sp³-hybridized carbons (Fsp3) is 0.333. The molecule has 28 heavy (non-hydrogen) atoms. The van der Waals surface area contributed by atoms with Crippen molar-refractivity contribution < 1.29 is 22.5 Å². The molecule has 7 nitrogen and oxygen atoms in total. The molecule has 1 amide bonds. The summed E-state index contributed by atoms with van der Waals surface area (Å²) in [6, 6.07) is 7.82. The van der Waals surface area contributed by atoms with Crippen molar-refractivity contribution in [1.82, 2.24) is 19.9 Å². The number of halogens is 3. The van der Waals surface area contributed by atoms with Gasteiger partial charge in [-0.2, -0.15) is 23.3 Å². The summed E-state index contributed by atoms with van der Waals surface area (Å²) in [5.74, 6) is -0.786. The predicted molar refractivity (Wildman–Crippen MR) is 92.4 cm³/mol. The Morgan fingerprint density at radius 3 is 2.57 bits per heavy atom. The molecule has 4 rings (SSSR count). The van der Waals surface area contributed by atoms with Crippen molar-refractivity contribution in [2.24, 2.45) is 5.92 Å². The average Bonchev–Trinajstić information content (AvgIpc) is 3.20. The standard InChI is InChI=1S/C18H16F3N5O2/c1-10(11-2-3-11)26-14(8-9-22-26)23-16(27)13-6-4-12(5-7-13)15-24-17(28-25-15)18(19,20)21/h4-11H,2-3H2,1H3,(H,23,27). The van der Waals surface area contributed by atoms with Crippen molar-refractivity contribution in [3.05, 3.63) is 48.0 Å². The molecule has 10 heteroatoms. The van der Waals surface area contributed by atoms with Crippen LogP contribution in [0.3, 0.4) is 0 Å². The van der Waals surface area contributed by atoms with E-state index >= 15 is 0 Å². The van der Waals surface area contributed by atoms with Crippen LogP contribution in [0.4, 0.5) is 19.0 Å². The van der Waals surface area contributed by atoms with E-state index in [0.717, 1.165) is 12.8 Å². The third kappa shape index (κ3) is 3.62. The topological polar surface area (TPSA) is 85.8 Å². The number of hydrogen-bond donors (Lipinski definition) is 1. The van der Waals surface area contributed by atoms with E-state index < -0.39 is 12.1 Å². The molecule has 0 spiro atoms. The highest BCUT2D eigenvalue weighted by molar-refractivity contribution is 6.04. The number of hydrogen-bond acceptors (Lipinski definition) is 5. The monoisotopic (exact) mass is 391 g/mol. The fourth-order valence-electron chi connectivity index (χ4n) is 2.93. The van der Waals surface area contributed by atoms with Gasteiger partial charge in [0.2, 0.25) is 5.82 Å². The molecule has 2 aromatic heterocycles. The van der Waals surface area contributed by atoms with Gasteiger partial charge in [0.05, 0.1) is 12.2 Å². The van der Waals surface area contributed by atoms with E-state index in [-0.39, 0.29) is 17.8 Å². The lowest BCUT2D eigenvalue weighted by atomic mass is 10.1. The number of carbonyl (C=O) groups excluding carboxylic acids is 1. The third-order valence-corrected chi connectivity index (χ3v) is 4.68. The largest absolute Gasteiger partial charge is 0.471 e. The number of rotatable bonds is 5. The summed E-state index contributed by atoms with van der Waals surface area (Å²) in [4.78, 5) is 15.8. The van der Waals surface area contributed by atoms with Crippen LogP contribution in [0, 0.1) is 5.92 Å². The van der Waals surface area contributed by atoms with E-state index in [1.165, 1.54) is 24.3 Å². The second-order valence-electron chi connectivity index (χ2n) is 6.69. The zero-order valence-electron chi connectivity index (χ0n) is 14.8. The molecule has 1 aliphatic rings. The second kappa shape index (κ2) is 6.77. The van der Waals surface area contributed by atoms with Gasteiger partial charge in [0.15, 0.2) is 0 Å². The van der Waals surface area contributed by atoms with Gasteiger partial charge in [0, 0.05) is 17.2 Å². The molecular formula is C18H16F3N5O2. The molecule has 0 saturated heterocycles. The van der Waals surface area contributed by atoms with Crippen LogP contribution in [0.5, 0.6) is 0 Å². The molecule has 1 aromatic carbocycles. The minimum absolute atomic E-state index is 0.199. The van der Waals surface area contributed by atoms with Crippen molar-refractivity contribution in [2.75, 3.05) is 5.32 Å². The molecule has 1 atom stereocenters. The summed E-state index contributed by atoms with van der Waals surface area (Å²) < 4.78 is 43.7. The maximum absolute atomic E-state index is 12.6. The summed E-state index contributed by atoms with van der Waals surface area (Å²) in [5, 5.41) is 10.4. The summed E-state index contributed by atoms with van der Waals surface area (Å²) in [5.41, 5.74) is 0.651. The number of anilines is 1. The molecule has 0 bridgehead atoms. The summed E-state index contributed by atoms with van der Waals surface area (Å²) >= 11 is 0. The van der Waals surface area contributed by atoms with Gasteiger partial charge in [0.25, 0.3) is 5.91 Å². The first-order valence-electron chi connectivity index (χ1n) is 8.69. The SMILES string of the molecule is CC(C1CC1)n1nccc1NC(=O)c1ccc(-c2noc(C(F)(F)F)n2)cc1. The Bertz CT molecular complexity index is 989. The minimum atomic E-state index is -4.70. The van der Waals surface area contributed by atoms with Gasteiger partial charge in [0.1, 0.15) is 5.82 Å². The summed E-state index contributed by atoms with van der Waals surface area (Å²) in [6.45, 7) is 2.06. The van der Waals surface area contributed by atoms with Crippen LogP contribution < -0.4 is 5.32 Å². The minimum Gasteiger partial charge on any atom is -0.329 e. The third-order valence-electron chi connectivity index (χ3n) is 4.68. The lowest BCUT2D eigenvalue weighted by Crippen LogP contribution is -2.18. The molecule has 146 valence electrons. The smallest absolute Gasteiger partial charge is 0.329 e. The highest BCUT2D eigenvalue weighted by atomic mass is 19.4. The second-order valence-corrected chi connectivity index (χ2v) is 6.69. The van der Waals surface area contributed by atoms with Crippen LogP contribution in [0.2, 0.25) is 0 Å². The first-order valence-corrected chi connectivity index (χ1v) is 8.69. The van der Waals surface area contributed by atoms with E-state index in [1.807, 2.05) is 0 Å². The van der Waals surface area contributed by atoms with Crippen LogP contribution in [0.25, 0.3) is 11.4 Å². The van der Waals surface area contributed by atoms with Gasteiger partial charge in [-0.25, -0.2) is 4.68 Å². The van der Waals surface area contributed by atoms with Crippen molar-refractivity contribution in [3.8, 4) is 11.4 Å². The van der Waals surface area contributed by atoms with E-state index in [0.29, 0.717) is 22.9 Å². The number of benzene rings is 1. The Morgan fingerprint density at radius 1 is 1.25 bits per heavy atom. The average molecular weight is 391 g/mol. The normalized spacial score (nSPS) is 15.4. The van der Waals surface area contributed by atoms with Crippen molar-refractivity contribution in [2.45, 2.75) is 32.0 Å². The number of aromatic nitrogens is 4. The van der Waals surface area contributed by atoms with Gasteiger partial charge >= 0.3 is 12.1 Å². The number of carbonyl (C=O) groups is 1. The van der Waals surface area contributed by atoms with E-state index in [1.54, 1.807) is 16.9 Å². The molecule has 1 N–H and O–H groups in total. The Morgan fingerprint density at radius 2 is 1.96 bits per heavy atom. The lowest BCUT2D eigenvalue weighted by molar-refractivity contribution is -0.159. The molecule has 1 aliphatic carbocycles. The Labute approximate surface area is 157 Å². The van der Waals surface area contributed by atoms with E-state index in [2.05, 4.69) is 32.0 Å². The Hall–Kier alpha value is -3.17. The van der Waals surface area contributed by atoms with Crippen LogP contribution in [0.1, 0.15) is 42.1 Å². The van der Waals surface area contributed by atoms with Crippen molar-refractivity contribution >= 4 is 11.7 Å². The Kier molecular flexibility index (Phi) is 4.40. The molecular weight excluding hydrogens is 375 g/mol. The van der Waals surface area contributed by atoms with Crippen molar-refractivity contribution in [1.29, 1.82) is 0 Å². The van der Waals surface area contributed by atoms with Crippen LogP contribution in [-0.2, 0) is 6.18 Å². The maximum Gasteiger partial charge on any atom is 0.471 e. The van der Waals surface area contributed by atoms with Gasteiger partial charge in [-0.1, -0.05) is 17.3 Å². The number of nitrogens with zero attached hydrogens (tertiary/aromatic N) is 4. The van der Waals surface area contributed by atoms with Crippen molar-refractivity contribution in [3.63, 3.8) is 0 Å². The molecule has 0 aliphatic heterocycles. The number of nitrogens with one attached hydrogen (secondary N) is 1. The summed E-state index contributed by atoms with van der Waals surface area (Å²) in [7, 11) is 0. The predicted octanol–water partition coefficient (Wildman–Crippen LogP) is 4.18.